The minimum atomic E-state index is -0.220. The number of Topliss-reactive ketones (excluding diaryl/α,β-unsaturated/α-hetero) is 1. The number of thiophene rings is 1. The van der Waals surface area contributed by atoms with E-state index in [0.717, 1.165) is 40.2 Å². The first-order chi connectivity index (χ1) is 17.0. The van der Waals surface area contributed by atoms with Gasteiger partial charge in [-0.05, 0) is 53.6 Å². The minimum absolute atomic E-state index is 0.0230. The Hall–Kier alpha value is -3.16. The van der Waals surface area contributed by atoms with Crippen LogP contribution in [0.2, 0.25) is 0 Å². The van der Waals surface area contributed by atoms with Crippen molar-refractivity contribution >= 4 is 23.1 Å². The van der Waals surface area contributed by atoms with Crippen molar-refractivity contribution in [1.29, 1.82) is 0 Å². The summed E-state index contributed by atoms with van der Waals surface area (Å²) in [5.74, 6) is 1.30. The lowest BCUT2D eigenvalue weighted by Gasteiger charge is -2.13. The van der Waals surface area contributed by atoms with Crippen molar-refractivity contribution in [2.45, 2.75) is 39.2 Å². The zero-order valence-electron chi connectivity index (χ0n) is 20.6. The van der Waals surface area contributed by atoms with Gasteiger partial charge >= 0.3 is 5.97 Å². The van der Waals surface area contributed by atoms with Crippen LogP contribution in [0.25, 0.3) is 11.1 Å². The lowest BCUT2D eigenvalue weighted by Crippen LogP contribution is -2.22. The van der Waals surface area contributed by atoms with Gasteiger partial charge in [0.05, 0.1) is 27.4 Å². The van der Waals surface area contributed by atoms with Gasteiger partial charge in [0.1, 0.15) is 11.5 Å². The maximum absolute atomic E-state index is 12.5. The number of esters is 1. The van der Waals surface area contributed by atoms with E-state index in [1.54, 1.807) is 30.6 Å². The lowest BCUT2D eigenvalue weighted by atomic mass is 10.0. The number of aryl methyl sites for hydroxylation is 1. The maximum Gasteiger partial charge on any atom is 0.305 e. The van der Waals surface area contributed by atoms with Gasteiger partial charge in [0.25, 0.3) is 0 Å². The molecule has 0 bridgehead atoms. The molecule has 3 aromatic rings. The summed E-state index contributed by atoms with van der Waals surface area (Å²) in [7, 11) is 2.99. The van der Waals surface area contributed by atoms with Crippen molar-refractivity contribution in [3.8, 4) is 22.6 Å². The van der Waals surface area contributed by atoms with Crippen molar-refractivity contribution in [3.05, 3.63) is 69.9 Å². The average molecular weight is 496 g/mol. The molecule has 0 unspecified atom stereocenters. The zero-order chi connectivity index (χ0) is 25.0. The van der Waals surface area contributed by atoms with Gasteiger partial charge in [-0.15, -0.1) is 11.3 Å². The van der Waals surface area contributed by atoms with Crippen LogP contribution in [0.3, 0.4) is 0 Å². The van der Waals surface area contributed by atoms with Crippen molar-refractivity contribution in [3.63, 3.8) is 0 Å². The second-order valence-electron chi connectivity index (χ2n) is 8.17. The molecule has 0 saturated carbocycles. The Morgan fingerprint density at radius 2 is 1.91 bits per heavy atom. The van der Waals surface area contributed by atoms with Crippen LogP contribution in [0.5, 0.6) is 11.5 Å². The molecule has 1 N–H and O–H groups in total. The molecule has 0 aliphatic heterocycles. The summed E-state index contributed by atoms with van der Waals surface area (Å²) < 4.78 is 16.1. The molecule has 0 radical (unpaired) electrons. The SMILES string of the molecule is CCCCOc1cc(CCC(=O)OC)ccc1-c1csc(CNCC(=O)c2cccc(OC)c2)c1. The highest BCUT2D eigenvalue weighted by molar-refractivity contribution is 7.10. The van der Waals surface area contributed by atoms with E-state index < -0.39 is 0 Å². The van der Waals surface area contributed by atoms with Crippen LogP contribution < -0.4 is 14.8 Å². The van der Waals surface area contributed by atoms with E-state index in [9.17, 15) is 9.59 Å². The molecule has 6 nitrogen and oxygen atoms in total. The highest BCUT2D eigenvalue weighted by Crippen LogP contribution is 2.34. The third-order valence-electron chi connectivity index (χ3n) is 5.59. The van der Waals surface area contributed by atoms with E-state index in [-0.39, 0.29) is 18.3 Å². The van der Waals surface area contributed by atoms with Crippen molar-refractivity contribution in [2.24, 2.45) is 0 Å². The third-order valence-corrected chi connectivity index (χ3v) is 6.52. The predicted octanol–water partition coefficient (Wildman–Crippen LogP) is 5.68. The third kappa shape index (κ3) is 7.94. The number of ether oxygens (including phenoxy) is 3. The van der Waals surface area contributed by atoms with E-state index in [1.807, 2.05) is 24.3 Å². The number of carbonyl (C=O) groups is 2. The molecular formula is C28H33NO5S. The fourth-order valence-corrected chi connectivity index (χ4v) is 4.42. The molecule has 1 heterocycles. The van der Waals surface area contributed by atoms with E-state index in [4.69, 9.17) is 14.2 Å². The number of carbonyl (C=O) groups excluding carboxylic acids is 2. The van der Waals surface area contributed by atoms with Gasteiger partial charge in [-0.2, -0.15) is 0 Å². The second kappa shape index (κ2) is 13.7. The van der Waals surface area contributed by atoms with Crippen molar-refractivity contribution in [1.82, 2.24) is 5.32 Å². The molecule has 7 heteroatoms. The molecule has 0 aliphatic rings. The van der Waals surface area contributed by atoms with Crippen molar-refractivity contribution < 1.29 is 23.8 Å². The van der Waals surface area contributed by atoms with Crippen LogP contribution >= 0.6 is 11.3 Å². The smallest absolute Gasteiger partial charge is 0.305 e. The van der Waals surface area contributed by atoms with Gasteiger partial charge in [0.2, 0.25) is 0 Å². The van der Waals surface area contributed by atoms with Crippen LogP contribution in [-0.2, 0) is 22.5 Å². The summed E-state index contributed by atoms with van der Waals surface area (Å²) in [5.41, 5.74) is 3.78. The standard InChI is InChI=1S/C28H33NO5S/c1-4-5-13-34-27-14-20(10-12-28(31)33-3)9-11-25(27)22-16-24(35-19-22)17-29-18-26(30)21-7-6-8-23(15-21)32-2/h6-9,11,14-16,19,29H,4-5,10,12-13,17-18H2,1-3H3. The molecule has 0 amide bonds. The van der Waals surface area contributed by atoms with E-state index in [0.29, 0.717) is 37.3 Å². The normalized spacial score (nSPS) is 10.7. The van der Waals surface area contributed by atoms with Gasteiger partial charge in [-0.3, -0.25) is 9.59 Å². The summed E-state index contributed by atoms with van der Waals surface area (Å²) in [6, 6.07) is 15.4. The average Bonchev–Trinajstić information content (AvgIpc) is 3.36. The number of ketones is 1. The number of unbranched alkanes of at least 4 members (excludes halogenated alkanes) is 1. The van der Waals surface area contributed by atoms with Gasteiger partial charge in [-0.25, -0.2) is 0 Å². The summed E-state index contributed by atoms with van der Waals surface area (Å²) in [6.45, 7) is 3.63. The molecule has 186 valence electrons. The molecule has 35 heavy (non-hydrogen) atoms. The number of nitrogens with one attached hydrogen (secondary N) is 1. The maximum atomic E-state index is 12.5. The van der Waals surface area contributed by atoms with Crippen LogP contribution in [0.15, 0.2) is 53.9 Å². The molecule has 0 fully saturated rings. The Morgan fingerprint density at radius 3 is 2.69 bits per heavy atom. The highest BCUT2D eigenvalue weighted by atomic mass is 32.1. The second-order valence-corrected chi connectivity index (χ2v) is 9.16. The topological polar surface area (TPSA) is 73.9 Å². The van der Waals surface area contributed by atoms with Gasteiger partial charge in [-0.1, -0.05) is 37.6 Å². The molecular weight excluding hydrogens is 462 g/mol. The Morgan fingerprint density at radius 1 is 1.06 bits per heavy atom. The number of methoxy groups -OCH3 is 2. The molecule has 3 rings (SSSR count). The largest absolute Gasteiger partial charge is 0.497 e. The Labute approximate surface area is 211 Å². The first kappa shape index (κ1) is 26.4. The quantitative estimate of drug-likeness (QED) is 0.176. The summed E-state index contributed by atoms with van der Waals surface area (Å²) in [4.78, 5) is 25.1. The lowest BCUT2D eigenvalue weighted by molar-refractivity contribution is -0.140. The van der Waals surface area contributed by atoms with Crippen LogP contribution in [-0.4, -0.2) is 39.1 Å². The fraction of sp³-hybridized carbons (Fsp3) is 0.357. The summed E-state index contributed by atoms with van der Waals surface area (Å²) >= 11 is 1.65. The van der Waals surface area contributed by atoms with Crippen molar-refractivity contribution in [2.75, 3.05) is 27.4 Å². The first-order valence-corrected chi connectivity index (χ1v) is 12.7. The van der Waals surface area contributed by atoms with Gasteiger partial charge in [0.15, 0.2) is 5.78 Å². The number of rotatable bonds is 14. The molecule has 0 atom stereocenters. The Balaban J connectivity index is 1.65. The summed E-state index contributed by atoms with van der Waals surface area (Å²) in [5, 5.41) is 5.35. The van der Waals surface area contributed by atoms with Crippen LogP contribution in [0.4, 0.5) is 0 Å². The van der Waals surface area contributed by atoms with Crippen LogP contribution in [0, 0.1) is 0 Å². The predicted molar refractivity (Wildman–Crippen MR) is 140 cm³/mol. The van der Waals surface area contributed by atoms with E-state index in [1.165, 1.54) is 7.11 Å². The highest BCUT2D eigenvalue weighted by Gasteiger charge is 2.12. The number of benzene rings is 2. The summed E-state index contributed by atoms with van der Waals surface area (Å²) in [6.07, 6.45) is 2.98. The molecule has 1 aromatic heterocycles. The minimum Gasteiger partial charge on any atom is -0.497 e. The molecule has 0 saturated heterocycles. The fourth-order valence-electron chi connectivity index (χ4n) is 3.57. The zero-order valence-corrected chi connectivity index (χ0v) is 21.4. The number of hydrogen-bond donors (Lipinski definition) is 1. The first-order valence-electron chi connectivity index (χ1n) is 11.8. The van der Waals surface area contributed by atoms with E-state index >= 15 is 0 Å². The van der Waals surface area contributed by atoms with Gasteiger partial charge < -0.3 is 19.5 Å². The molecule has 2 aromatic carbocycles. The van der Waals surface area contributed by atoms with Gasteiger partial charge in [0, 0.05) is 29.0 Å². The van der Waals surface area contributed by atoms with E-state index in [2.05, 4.69) is 29.8 Å². The Kier molecular flexibility index (Phi) is 10.3. The number of hydrogen-bond acceptors (Lipinski definition) is 7. The van der Waals surface area contributed by atoms with Crippen LogP contribution in [0.1, 0.15) is 47.0 Å². The monoisotopic (exact) mass is 495 g/mol. The molecule has 0 aliphatic carbocycles. The Bertz CT molecular complexity index is 1120. The molecule has 0 spiro atoms.